The maximum atomic E-state index is 10.8. The Morgan fingerprint density at radius 2 is 1.85 bits per heavy atom. The van der Waals surface area contributed by atoms with Gasteiger partial charge in [0.25, 0.3) is 0 Å². The summed E-state index contributed by atoms with van der Waals surface area (Å²) < 4.78 is 6.23. The molecule has 0 fully saturated rings. The van der Waals surface area contributed by atoms with Gasteiger partial charge >= 0.3 is 89.8 Å². The number of hydrogen-bond acceptors (Lipinski definition) is 2. The minimum absolute atomic E-state index is 0.259. The first-order valence-corrected chi connectivity index (χ1v) is 14.3. The summed E-state index contributed by atoms with van der Waals surface area (Å²) in [6.07, 6.45) is 0. The van der Waals surface area contributed by atoms with Crippen LogP contribution in [0.2, 0.25) is 11.5 Å². The van der Waals surface area contributed by atoms with E-state index in [2.05, 4.69) is 32.1 Å². The van der Waals surface area contributed by atoms with E-state index in [1.807, 2.05) is 13.8 Å². The minimum atomic E-state index is -2.11. The summed E-state index contributed by atoms with van der Waals surface area (Å²) in [5, 5.41) is 0. The first kappa shape index (κ1) is 13.2. The zero-order valence-corrected chi connectivity index (χ0v) is 12.6. The second-order valence-corrected chi connectivity index (χ2v) is 21.8. The van der Waals surface area contributed by atoms with Crippen molar-refractivity contribution in [3.63, 3.8) is 0 Å². The Kier molecular flexibility index (Phi) is 4.25. The first-order chi connectivity index (χ1) is 5.57. The van der Waals surface area contributed by atoms with Crippen LogP contribution in [-0.4, -0.2) is 23.0 Å². The molecule has 0 aliphatic carbocycles. The molecule has 0 radical (unpaired) electrons. The Balaban J connectivity index is 4.65. The van der Waals surface area contributed by atoms with E-state index in [0.29, 0.717) is 0 Å². The van der Waals surface area contributed by atoms with Crippen molar-refractivity contribution < 1.29 is 9.53 Å². The average molecular weight is 310 g/mol. The molecule has 0 unspecified atom stereocenters. The van der Waals surface area contributed by atoms with Crippen molar-refractivity contribution in [2.24, 2.45) is 0 Å². The predicted molar refractivity (Wildman–Crippen MR) is 61.4 cm³/mol. The van der Waals surface area contributed by atoms with Crippen LogP contribution >= 0.6 is 14.0 Å². The Morgan fingerprint density at radius 1 is 1.46 bits per heavy atom. The molecule has 0 rings (SSSR count). The van der Waals surface area contributed by atoms with E-state index in [-0.39, 0.29) is 5.97 Å². The molecule has 0 saturated carbocycles. The van der Waals surface area contributed by atoms with Gasteiger partial charge in [0.1, 0.15) is 0 Å². The molecule has 76 valence electrons. The molecule has 0 amide bonds. The molecule has 2 nitrogen and oxygen atoms in total. The van der Waals surface area contributed by atoms with E-state index in [1.54, 1.807) is 0 Å². The van der Waals surface area contributed by atoms with Gasteiger partial charge in [0.05, 0.1) is 0 Å². The SMILES string of the molecule is C=[C](C(C)(C)OC(C)=O)[Ge]([CH3])([CH3])[Br]. The molecule has 0 aliphatic heterocycles. The average Bonchev–Trinajstić information content (AvgIpc) is 1.80. The molecule has 0 aromatic rings. The van der Waals surface area contributed by atoms with Crippen molar-refractivity contribution >= 4 is 31.4 Å². The number of halogens is 1. The summed E-state index contributed by atoms with van der Waals surface area (Å²) in [7, 11) is 0. The topological polar surface area (TPSA) is 26.3 Å². The molecule has 0 heterocycles. The van der Waals surface area contributed by atoms with Crippen molar-refractivity contribution in [3.8, 4) is 0 Å². The van der Waals surface area contributed by atoms with E-state index in [4.69, 9.17) is 4.74 Å². The fraction of sp³-hybridized carbons (Fsp3) is 0.667. The predicted octanol–water partition coefficient (Wildman–Crippen LogP) is 3.02. The van der Waals surface area contributed by atoms with Crippen molar-refractivity contribution in [1.29, 1.82) is 0 Å². The van der Waals surface area contributed by atoms with Gasteiger partial charge in [-0.2, -0.15) is 0 Å². The van der Waals surface area contributed by atoms with Crippen LogP contribution in [0.3, 0.4) is 0 Å². The number of carbonyl (C=O) groups is 1. The third-order valence-electron chi connectivity index (χ3n) is 1.84. The van der Waals surface area contributed by atoms with Gasteiger partial charge in [-0.3, -0.25) is 0 Å². The summed E-state index contributed by atoms with van der Waals surface area (Å²) in [6, 6.07) is 0. The standard InChI is InChI=1S/C9H17BrGeO2/c1-7(11(5,6)10)9(3,4)13-8(2)12/h1H2,2-6H3. The number of esters is 1. The zero-order chi connectivity index (χ0) is 10.9. The molecule has 0 spiro atoms. The van der Waals surface area contributed by atoms with Crippen LogP contribution in [0.4, 0.5) is 0 Å². The van der Waals surface area contributed by atoms with Crippen molar-refractivity contribution in [3.05, 3.63) is 11.0 Å². The van der Waals surface area contributed by atoms with Gasteiger partial charge in [-0.05, 0) is 0 Å². The second kappa shape index (κ2) is 4.17. The van der Waals surface area contributed by atoms with Crippen LogP contribution in [0.1, 0.15) is 20.8 Å². The maximum absolute atomic E-state index is 10.8. The Hall–Kier alpha value is 0.233. The van der Waals surface area contributed by atoms with Gasteiger partial charge in [0, 0.05) is 0 Å². The van der Waals surface area contributed by atoms with Crippen LogP contribution in [0.5, 0.6) is 0 Å². The summed E-state index contributed by atoms with van der Waals surface area (Å²) >= 11 is 1.56. The summed E-state index contributed by atoms with van der Waals surface area (Å²) in [6.45, 7) is 9.19. The van der Waals surface area contributed by atoms with Crippen LogP contribution in [0, 0.1) is 0 Å². The van der Waals surface area contributed by atoms with Gasteiger partial charge in [0.2, 0.25) is 0 Å². The molecule has 0 N–H and O–H groups in total. The van der Waals surface area contributed by atoms with Crippen molar-refractivity contribution in [2.75, 3.05) is 0 Å². The summed E-state index contributed by atoms with van der Waals surface area (Å²) in [5.41, 5.74) is -0.543. The molecule has 0 saturated heterocycles. The van der Waals surface area contributed by atoms with Gasteiger partial charge in [-0.15, -0.1) is 0 Å². The number of ether oxygens (including phenoxy) is 1. The van der Waals surface area contributed by atoms with Gasteiger partial charge in [-0.25, -0.2) is 0 Å². The van der Waals surface area contributed by atoms with E-state index in [0.717, 1.165) is 4.41 Å². The van der Waals surface area contributed by atoms with Crippen LogP contribution in [0.25, 0.3) is 0 Å². The molecule has 0 aliphatic rings. The third-order valence-corrected chi connectivity index (χ3v) is 8.60. The second-order valence-electron chi connectivity index (χ2n) is 4.05. The van der Waals surface area contributed by atoms with Crippen LogP contribution in [0.15, 0.2) is 11.0 Å². The third kappa shape index (κ3) is 4.31. The summed E-state index contributed by atoms with van der Waals surface area (Å²) in [4.78, 5) is 10.8. The fourth-order valence-electron chi connectivity index (χ4n) is 1.14. The van der Waals surface area contributed by atoms with E-state index < -0.39 is 17.0 Å². The van der Waals surface area contributed by atoms with E-state index in [1.165, 1.54) is 6.92 Å². The van der Waals surface area contributed by atoms with Crippen LogP contribution < -0.4 is 0 Å². The Morgan fingerprint density at radius 3 is 2.08 bits per heavy atom. The molecular formula is C9H17BrGeO2. The quantitative estimate of drug-likeness (QED) is 0.592. The number of carbonyl (C=O) groups excluding carboxylic acids is 1. The number of rotatable bonds is 3. The van der Waals surface area contributed by atoms with Gasteiger partial charge in [-0.1, -0.05) is 0 Å². The van der Waals surface area contributed by atoms with Crippen molar-refractivity contribution in [1.82, 2.24) is 0 Å². The normalized spacial score (nSPS) is 12.5. The van der Waals surface area contributed by atoms with Gasteiger partial charge in [0.15, 0.2) is 0 Å². The fourth-order valence-corrected chi connectivity index (χ4v) is 6.73. The first-order valence-electron chi connectivity index (χ1n) is 4.15. The molecule has 0 atom stereocenters. The zero-order valence-electron chi connectivity index (χ0n) is 8.90. The Labute approximate surface area is 89.7 Å². The molecule has 13 heavy (non-hydrogen) atoms. The van der Waals surface area contributed by atoms with E-state index in [9.17, 15) is 4.79 Å². The van der Waals surface area contributed by atoms with E-state index >= 15 is 0 Å². The monoisotopic (exact) mass is 310 g/mol. The molecule has 0 aromatic carbocycles. The summed E-state index contributed by atoms with van der Waals surface area (Å²) in [5.74, 6) is 4.06. The Bertz CT molecular complexity index is 228. The van der Waals surface area contributed by atoms with Gasteiger partial charge < -0.3 is 0 Å². The molecular weight excluding hydrogens is 293 g/mol. The molecule has 4 heteroatoms. The molecule has 0 bridgehead atoms. The molecule has 0 aromatic heterocycles. The number of hydrogen-bond donors (Lipinski definition) is 0. The van der Waals surface area contributed by atoms with Crippen molar-refractivity contribution in [2.45, 2.75) is 37.9 Å². The van der Waals surface area contributed by atoms with Crippen LogP contribution in [-0.2, 0) is 9.53 Å².